The molecule has 0 bridgehead atoms. The molecule has 0 aliphatic carbocycles. The van der Waals surface area contributed by atoms with E-state index in [1.54, 1.807) is 48.8 Å². The quantitative estimate of drug-likeness (QED) is 0.337. The Morgan fingerprint density at radius 2 is 2.05 bits per heavy atom. The van der Waals surface area contributed by atoms with E-state index in [0.29, 0.717) is 33.5 Å². The summed E-state index contributed by atoms with van der Waals surface area (Å²) < 4.78 is 20.0. The Kier molecular flexibility index (Phi) is 6.37. The molecule has 0 saturated heterocycles. The number of nitrogens with zero attached hydrogens (tertiary/aromatic N) is 4. The minimum Gasteiger partial charge on any atom is -0.444 e. The minimum atomic E-state index is -1.63. The molecule has 3 aromatic heterocycles. The molecule has 4 N–H and O–H groups in total. The van der Waals surface area contributed by atoms with E-state index < -0.39 is 17.7 Å². The van der Waals surface area contributed by atoms with Crippen molar-refractivity contribution >= 4 is 23.3 Å². The van der Waals surface area contributed by atoms with Crippen molar-refractivity contribution in [1.82, 2.24) is 19.9 Å². The van der Waals surface area contributed by atoms with Crippen LogP contribution in [0.15, 0.2) is 65.7 Å². The van der Waals surface area contributed by atoms with Crippen LogP contribution in [0.2, 0.25) is 0 Å². The van der Waals surface area contributed by atoms with Crippen LogP contribution in [0, 0.1) is 0 Å². The maximum atomic E-state index is 14.6. The number of nitrogens with one attached hydrogen (secondary N) is 1. The van der Waals surface area contributed by atoms with Gasteiger partial charge in [-0.1, -0.05) is 6.07 Å². The van der Waals surface area contributed by atoms with Crippen molar-refractivity contribution in [3.63, 3.8) is 0 Å². The number of hydrogen-bond donors (Lipinski definition) is 3. The number of carbonyl (C=O) groups excluding carboxylic acids is 2. The van der Waals surface area contributed by atoms with Gasteiger partial charge >= 0.3 is 0 Å². The van der Waals surface area contributed by atoms with E-state index >= 15 is 0 Å². The van der Waals surface area contributed by atoms with Gasteiger partial charge in [0, 0.05) is 53.1 Å². The number of fused-ring (bicyclic) bond motifs is 1. The van der Waals surface area contributed by atoms with Gasteiger partial charge in [-0.25, -0.2) is 14.4 Å². The Bertz CT molecular complexity index is 1520. The van der Waals surface area contributed by atoms with Crippen molar-refractivity contribution in [2.45, 2.75) is 32.2 Å². The second kappa shape index (κ2) is 9.67. The van der Waals surface area contributed by atoms with Crippen molar-refractivity contribution in [1.29, 1.82) is 0 Å². The van der Waals surface area contributed by atoms with Crippen molar-refractivity contribution in [3.05, 3.63) is 78.1 Å². The summed E-state index contributed by atoms with van der Waals surface area (Å²) in [4.78, 5) is 39.9. The van der Waals surface area contributed by atoms with E-state index in [2.05, 4.69) is 20.3 Å². The highest BCUT2D eigenvalue weighted by atomic mass is 19.1. The van der Waals surface area contributed by atoms with Crippen molar-refractivity contribution in [2.75, 3.05) is 17.6 Å². The highest BCUT2D eigenvalue weighted by Gasteiger charge is 2.35. The zero-order chi connectivity index (χ0) is 27.0. The van der Waals surface area contributed by atoms with E-state index in [-0.39, 0.29) is 36.4 Å². The fourth-order valence-corrected chi connectivity index (χ4v) is 4.13. The number of aliphatic hydroxyl groups is 1. The van der Waals surface area contributed by atoms with Crippen LogP contribution >= 0.6 is 0 Å². The first kappa shape index (κ1) is 25.0. The maximum absolute atomic E-state index is 14.6. The summed E-state index contributed by atoms with van der Waals surface area (Å²) in [6.07, 6.45) is 4.35. The van der Waals surface area contributed by atoms with Crippen LogP contribution in [0.5, 0.6) is 0 Å². The number of pyridine rings is 2. The lowest BCUT2D eigenvalue weighted by molar-refractivity contribution is -0.0159. The summed E-state index contributed by atoms with van der Waals surface area (Å²) in [7, 11) is 0. The smallest absolute Gasteiger partial charge is 0.277 e. The average Bonchev–Trinajstić information content (AvgIpc) is 3.49. The zero-order valence-corrected chi connectivity index (χ0v) is 20.7. The predicted octanol–water partition coefficient (Wildman–Crippen LogP) is 3.70. The number of aromatic nitrogens is 3. The predicted molar refractivity (Wildman–Crippen MR) is 138 cm³/mol. The van der Waals surface area contributed by atoms with Crippen LogP contribution in [-0.2, 0) is 6.54 Å². The lowest BCUT2D eigenvalue weighted by Crippen LogP contribution is -2.42. The van der Waals surface area contributed by atoms with Gasteiger partial charge in [-0.2, -0.15) is 0 Å². The number of oxazole rings is 1. The molecule has 4 aromatic rings. The van der Waals surface area contributed by atoms with Crippen LogP contribution in [0.1, 0.15) is 40.3 Å². The van der Waals surface area contributed by atoms with Crippen LogP contribution in [0.3, 0.4) is 0 Å². The van der Waals surface area contributed by atoms with Crippen molar-refractivity contribution < 1.29 is 23.5 Å². The second-order valence-electron chi connectivity index (χ2n) is 9.56. The Morgan fingerprint density at radius 1 is 1.24 bits per heavy atom. The fourth-order valence-electron chi connectivity index (χ4n) is 4.13. The Hall–Kier alpha value is -4.64. The molecule has 2 amide bonds. The first-order chi connectivity index (χ1) is 18.1. The molecule has 1 aliphatic heterocycles. The molecular formula is C27H25FN6O4. The van der Waals surface area contributed by atoms with Gasteiger partial charge in [0.15, 0.2) is 5.69 Å². The number of nitrogens with two attached hydrogens (primary N) is 1. The van der Waals surface area contributed by atoms with E-state index in [4.69, 9.17) is 10.2 Å². The molecule has 5 rings (SSSR count). The molecule has 1 aromatic carbocycles. The number of benzene rings is 1. The summed E-state index contributed by atoms with van der Waals surface area (Å²) >= 11 is 0. The molecule has 10 nitrogen and oxygen atoms in total. The largest absolute Gasteiger partial charge is 0.444 e. The van der Waals surface area contributed by atoms with Gasteiger partial charge in [-0.15, -0.1) is 0 Å². The molecule has 0 spiro atoms. The number of anilines is 2. The molecule has 0 fully saturated rings. The second-order valence-corrected chi connectivity index (χ2v) is 9.56. The molecular weight excluding hydrogens is 491 g/mol. The van der Waals surface area contributed by atoms with Crippen LogP contribution in [0.4, 0.5) is 15.9 Å². The monoisotopic (exact) mass is 516 g/mol. The normalized spacial score (nSPS) is 13.9. The lowest BCUT2D eigenvalue weighted by Gasteiger charge is -2.26. The van der Waals surface area contributed by atoms with Crippen molar-refractivity contribution in [2.24, 2.45) is 0 Å². The average molecular weight is 517 g/mol. The summed E-state index contributed by atoms with van der Waals surface area (Å²) in [5, 5.41) is 12.8. The topological polar surface area (TPSA) is 147 Å². The van der Waals surface area contributed by atoms with Gasteiger partial charge in [0.05, 0.1) is 12.1 Å². The summed E-state index contributed by atoms with van der Waals surface area (Å²) in [5.41, 5.74) is 7.41. The Labute approximate surface area is 217 Å². The molecule has 0 radical (unpaired) electrons. The molecule has 11 heteroatoms. The number of halogens is 1. The van der Waals surface area contributed by atoms with E-state index in [1.165, 1.54) is 31.2 Å². The minimum absolute atomic E-state index is 0.0381. The molecule has 1 aliphatic rings. The number of hydrogen-bond acceptors (Lipinski definition) is 8. The number of carbonyl (C=O) groups is 2. The molecule has 194 valence electrons. The highest BCUT2D eigenvalue weighted by Crippen LogP contribution is 2.35. The van der Waals surface area contributed by atoms with Gasteiger partial charge in [0.25, 0.3) is 11.8 Å². The number of alkyl halides is 1. The zero-order valence-electron chi connectivity index (χ0n) is 20.7. The Morgan fingerprint density at radius 3 is 2.76 bits per heavy atom. The third-order valence-corrected chi connectivity index (χ3v) is 6.26. The van der Waals surface area contributed by atoms with Gasteiger partial charge in [-0.05, 0) is 49.7 Å². The van der Waals surface area contributed by atoms with Crippen LogP contribution in [0.25, 0.3) is 22.6 Å². The molecule has 4 heterocycles. The van der Waals surface area contributed by atoms with E-state index in [9.17, 15) is 19.1 Å². The standard InChI is InChI=1S/C27H25FN6O4/c1-27(2,37)22(28)13-34-12-17-8-20(18(10-19(17)26(34)36)16-4-3-6-30-11-16)32-24(35)21-14-38-25(33-21)15-5-7-31-23(29)9-15/h3-11,14,22,37H,12-13H2,1-2H3,(H2,29,31)(H,32,35)/t22-/m1/s1. The van der Waals surface area contributed by atoms with Gasteiger partial charge in [0.1, 0.15) is 18.3 Å². The van der Waals surface area contributed by atoms with Crippen molar-refractivity contribution in [3.8, 4) is 22.6 Å². The highest BCUT2D eigenvalue weighted by molar-refractivity contribution is 6.07. The van der Waals surface area contributed by atoms with Gasteiger partial charge in [-0.3, -0.25) is 14.6 Å². The number of nitrogen functional groups attached to an aromatic ring is 1. The van der Waals surface area contributed by atoms with E-state index in [1.807, 2.05) is 0 Å². The third-order valence-electron chi connectivity index (χ3n) is 6.26. The summed E-state index contributed by atoms with van der Waals surface area (Å²) in [6.45, 7) is 2.59. The maximum Gasteiger partial charge on any atom is 0.277 e. The first-order valence-electron chi connectivity index (χ1n) is 11.8. The lowest BCUT2D eigenvalue weighted by atomic mass is 9.99. The fraction of sp³-hybridized carbons (Fsp3) is 0.222. The van der Waals surface area contributed by atoms with Gasteiger partial charge in [0.2, 0.25) is 5.89 Å². The number of rotatable bonds is 7. The summed E-state index contributed by atoms with van der Waals surface area (Å²) in [6, 6.07) is 10.1. The molecule has 0 unspecified atom stereocenters. The SMILES string of the molecule is CC(C)(O)[C@H](F)CN1Cc2cc(NC(=O)c3coc(-c4ccnc(N)c4)n3)c(-c3cccnc3)cc2C1=O. The van der Waals surface area contributed by atoms with Gasteiger partial charge < -0.3 is 25.5 Å². The number of amides is 2. The van der Waals surface area contributed by atoms with E-state index in [0.717, 1.165) is 0 Å². The molecule has 1 atom stereocenters. The molecule has 0 saturated carbocycles. The van der Waals surface area contributed by atoms with Crippen LogP contribution < -0.4 is 11.1 Å². The third kappa shape index (κ3) is 4.96. The summed E-state index contributed by atoms with van der Waals surface area (Å²) in [5.74, 6) is -0.387. The Balaban J connectivity index is 1.46. The first-order valence-corrected chi connectivity index (χ1v) is 11.8. The molecule has 38 heavy (non-hydrogen) atoms. The van der Waals surface area contributed by atoms with Crippen LogP contribution in [-0.4, -0.2) is 55.1 Å².